The van der Waals surface area contributed by atoms with E-state index in [2.05, 4.69) is 27.4 Å². The van der Waals surface area contributed by atoms with Crippen molar-refractivity contribution in [3.8, 4) is 5.88 Å². The molecular weight excluding hydrogens is 338 g/mol. The molecule has 1 amide bonds. The molecule has 0 unspecified atom stereocenters. The Kier molecular flexibility index (Phi) is 5.10. The zero-order valence-corrected chi connectivity index (χ0v) is 15.0. The number of rotatable bonds is 5. The van der Waals surface area contributed by atoms with Gasteiger partial charge in [0, 0.05) is 6.07 Å². The molecule has 1 aliphatic rings. The van der Waals surface area contributed by atoms with Gasteiger partial charge in [0.2, 0.25) is 5.88 Å². The third-order valence-corrected chi connectivity index (χ3v) is 4.78. The van der Waals surface area contributed by atoms with E-state index in [0.29, 0.717) is 18.2 Å². The number of carbonyl (C=O) groups excluding carboxylic acids is 1. The summed E-state index contributed by atoms with van der Waals surface area (Å²) in [6, 6.07) is 19.7. The van der Waals surface area contributed by atoms with Crippen molar-refractivity contribution in [1.82, 2.24) is 15.3 Å². The summed E-state index contributed by atoms with van der Waals surface area (Å²) in [4.78, 5) is 20.9. The lowest BCUT2D eigenvalue weighted by molar-refractivity contribution is 0.0926. The standard InChI is InChI=1S/C22H21N3O2/c26-22(25-19-12-6-10-17-9-4-5-11-18(17)19)20-13-21(24-15-23-20)27-14-16-7-2-1-3-8-16/h1-5,7-9,11,13,15,19H,6,10,12,14H2,(H,25,26)/t19-/m1/s1. The first-order chi connectivity index (χ1) is 13.3. The molecule has 1 N–H and O–H groups in total. The molecule has 5 heteroatoms. The predicted octanol–water partition coefficient (Wildman–Crippen LogP) is 3.86. The van der Waals surface area contributed by atoms with Crippen LogP contribution in [-0.2, 0) is 13.0 Å². The highest BCUT2D eigenvalue weighted by molar-refractivity contribution is 5.92. The van der Waals surface area contributed by atoms with Gasteiger partial charge in [-0.3, -0.25) is 4.79 Å². The molecule has 4 rings (SSSR count). The molecular formula is C22H21N3O2. The number of hydrogen-bond acceptors (Lipinski definition) is 4. The molecule has 2 aromatic carbocycles. The quantitative estimate of drug-likeness (QED) is 0.751. The Labute approximate surface area is 158 Å². The molecule has 3 aromatic rings. The summed E-state index contributed by atoms with van der Waals surface area (Å²) in [5, 5.41) is 3.11. The minimum atomic E-state index is -0.205. The molecule has 0 saturated heterocycles. The van der Waals surface area contributed by atoms with E-state index in [1.807, 2.05) is 42.5 Å². The zero-order chi connectivity index (χ0) is 18.5. The molecule has 5 nitrogen and oxygen atoms in total. The fraction of sp³-hybridized carbons (Fsp3) is 0.227. The maximum Gasteiger partial charge on any atom is 0.270 e. The van der Waals surface area contributed by atoms with Crippen molar-refractivity contribution < 1.29 is 9.53 Å². The fourth-order valence-corrected chi connectivity index (χ4v) is 3.41. The van der Waals surface area contributed by atoms with E-state index in [1.165, 1.54) is 17.5 Å². The van der Waals surface area contributed by atoms with Crippen LogP contribution in [0.25, 0.3) is 0 Å². The van der Waals surface area contributed by atoms with Crippen LogP contribution < -0.4 is 10.1 Å². The maximum absolute atomic E-state index is 12.7. The van der Waals surface area contributed by atoms with Gasteiger partial charge < -0.3 is 10.1 Å². The number of aryl methyl sites for hydroxylation is 1. The van der Waals surface area contributed by atoms with Crippen molar-refractivity contribution in [2.75, 3.05) is 0 Å². The van der Waals surface area contributed by atoms with Crippen molar-refractivity contribution in [2.45, 2.75) is 31.9 Å². The summed E-state index contributed by atoms with van der Waals surface area (Å²) in [5.41, 5.74) is 3.87. The van der Waals surface area contributed by atoms with Gasteiger partial charge in [0.25, 0.3) is 5.91 Å². The average molecular weight is 359 g/mol. The molecule has 0 saturated carbocycles. The molecule has 0 aliphatic heterocycles. The lowest BCUT2D eigenvalue weighted by atomic mass is 9.87. The zero-order valence-electron chi connectivity index (χ0n) is 15.0. The van der Waals surface area contributed by atoms with Crippen LogP contribution in [0.1, 0.15) is 46.1 Å². The van der Waals surface area contributed by atoms with Gasteiger partial charge in [-0.2, -0.15) is 0 Å². The van der Waals surface area contributed by atoms with E-state index in [0.717, 1.165) is 24.8 Å². The second-order valence-corrected chi connectivity index (χ2v) is 6.63. The maximum atomic E-state index is 12.7. The molecule has 0 radical (unpaired) electrons. The number of benzene rings is 2. The summed E-state index contributed by atoms with van der Waals surface area (Å²) in [6.45, 7) is 0.398. The predicted molar refractivity (Wildman–Crippen MR) is 102 cm³/mol. The minimum absolute atomic E-state index is 0.0195. The van der Waals surface area contributed by atoms with E-state index in [9.17, 15) is 4.79 Å². The number of ether oxygens (including phenoxy) is 1. The number of hydrogen-bond donors (Lipinski definition) is 1. The second kappa shape index (κ2) is 7.99. The highest BCUT2D eigenvalue weighted by Crippen LogP contribution is 2.29. The van der Waals surface area contributed by atoms with Crippen molar-refractivity contribution >= 4 is 5.91 Å². The minimum Gasteiger partial charge on any atom is -0.473 e. The molecule has 0 bridgehead atoms. The van der Waals surface area contributed by atoms with Crippen molar-refractivity contribution in [2.24, 2.45) is 0 Å². The van der Waals surface area contributed by atoms with Gasteiger partial charge in [-0.25, -0.2) is 9.97 Å². The Morgan fingerprint density at radius 2 is 1.89 bits per heavy atom. The lowest BCUT2D eigenvalue weighted by Crippen LogP contribution is -2.31. The number of nitrogens with one attached hydrogen (secondary N) is 1. The van der Waals surface area contributed by atoms with Crippen LogP contribution in [0.4, 0.5) is 0 Å². The Balaban J connectivity index is 1.44. The van der Waals surface area contributed by atoms with Gasteiger partial charge in [-0.05, 0) is 36.0 Å². The summed E-state index contributed by atoms with van der Waals surface area (Å²) < 4.78 is 5.70. The topological polar surface area (TPSA) is 64.1 Å². The van der Waals surface area contributed by atoms with E-state index in [-0.39, 0.29) is 11.9 Å². The van der Waals surface area contributed by atoms with Gasteiger partial charge in [-0.1, -0.05) is 54.6 Å². The smallest absolute Gasteiger partial charge is 0.270 e. The molecule has 0 fully saturated rings. The van der Waals surface area contributed by atoms with Crippen LogP contribution in [0.3, 0.4) is 0 Å². The van der Waals surface area contributed by atoms with Gasteiger partial charge in [-0.15, -0.1) is 0 Å². The normalized spacial score (nSPS) is 15.6. The van der Waals surface area contributed by atoms with Crippen LogP contribution in [0.2, 0.25) is 0 Å². The van der Waals surface area contributed by atoms with Crippen LogP contribution in [0, 0.1) is 0 Å². The number of fused-ring (bicyclic) bond motifs is 1. The first-order valence-electron chi connectivity index (χ1n) is 9.17. The third kappa shape index (κ3) is 4.14. The van der Waals surface area contributed by atoms with Gasteiger partial charge in [0.15, 0.2) is 0 Å². The number of carbonyl (C=O) groups is 1. The molecule has 1 heterocycles. The summed E-state index contributed by atoms with van der Waals surface area (Å²) >= 11 is 0. The summed E-state index contributed by atoms with van der Waals surface area (Å²) in [6.07, 6.45) is 4.43. The lowest BCUT2D eigenvalue weighted by Gasteiger charge is -2.26. The second-order valence-electron chi connectivity index (χ2n) is 6.63. The Morgan fingerprint density at radius 1 is 1.07 bits per heavy atom. The molecule has 136 valence electrons. The van der Waals surface area contributed by atoms with E-state index in [4.69, 9.17) is 4.74 Å². The van der Waals surface area contributed by atoms with Crippen molar-refractivity contribution in [3.63, 3.8) is 0 Å². The highest BCUT2D eigenvalue weighted by atomic mass is 16.5. The fourth-order valence-electron chi connectivity index (χ4n) is 3.41. The van der Waals surface area contributed by atoms with Crippen LogP contribution in [0.15, 0.2) is 67.0 Å². The van der Waals surface area contributed by atoms with Crippen LogP contribution >= 0.6 is 0 Å². The van der Waals surface area contributed by atoms with E-state index in [1.54, 1.807) is 6.07 Å². The Bertz CT molecular complexity index is 928. The monoisotopic (exact) mass is 359 g/mol. The Hall–Kier alpha value is -3.21. The van der Waals surface area contributed by atoms with Gasteiger partial charge >= 0.3 is 0 Å². The third-order valence-electron chi connectivity index (χ3n) is 4.78. The van der Waals surface area contributed by atoms with Crippen molar-refractivity contribution in [3.05, 3.63) is 89.4 Å². The van der Waals surface area contributed by atoms with E-state index < -0.39 is 0 Å². The first kappa shape index (κ1) is 17.2. The first-order valence-corrected chi connectivity index (χ1v) is 9.17. The molecule has 0 spiro atoms. The van der Waals surface area contributed by atoms with Crippen molar-refractivity contribution in [1.29, 1.82) is 0 Å². The summed E-state index contributed by atoms with van der Waals surface area (Å²) in [7, 11) is 0. The Morgan fingerprint density at radius 3 is 2.78 bits per heavy atom. The van der Waals surface area contributed by atoms with Crippen LogP contribution in [0.5, 0.6) is 5.88 Å². The molecule has 1 aromatic heterocycles. The summed E-state index contributed by atoms with van der Waals surface area (Å²) in [5.74, 6) is 0.187. The average Bonchev–Trinajstić information content (AvgIpc) is 2.73. The molecule has 27 heavy (non-hydrogen) atoms. The van der Waals surface area contributed by atoms with E-state index >= 15 is 0 Å². The van der Waals surface area contributed by atoms with Crippen LogP contribution in [-0.4, -0.2) is 15.9 Å². The van der Waals surface area contributed by atoms with Gasteiger partial charge in [0.05, 0.1) is 6.04 Å². The number of aromatic nitrogens is 2. The number of nitrogens with zero attached hydrogens (tertiary/aromatic N) is 2. The SMILES string of the molecule is O=C(N[C@@H]1CCCc2ccccc21)c1cc(OCc2ccccc2)ncn1. The van der Waals surface area contributed by atoms with Gasteiger partial charge in [0.1, 0.15) is 18.6 Å². The number of amides is 1. The molecule has 1 atom stereocenters. The molecule has 1 aliphatic carbocycles. The largest absolute Gasteiger partial charge is 0.473 e. The highest BCUT2D eigenvalue weighted by Gasteiger charge is 2.22.